The molecule has 0 saturated heterocycles. The lowest BCUT2D eigenvalue weighted by Gasteiger charge is -2.01. The van der Waals surface area contributed by atoms with E-state index in [2.05, 4.69) is 10.1 Å². The summed E-state index contributed by atoms with van der Waals surface area (Å²) < 4.78 is 55.6. The third-order valence-corrected chi connectivity index (χ3v) is 4.79. The predicted octanol–water partition coefficient (Wildman–Crippen LogP) is 2.36. The summed E-state index contributed by atoms with van der Waals surface area (Å²) in [5.41, 5.74) is 0.302. The quantitative estimate of drug-likeness (QED) is 0.919. The Labute approximate surface area is 131 Å². The van der Waals surface area contributed by atoms with Crippen LogP contribution in [0.4, 0.5) is 8.78 Å². The van der Waals surface area contributed by atoms with Gasteiger partial charge in [-0.25, -0.2) is 22.3 Å². The Bertz CT molecular complexity index is 831. The van der Waals surface area contributed by atoms with E-state index in [-0.39, 0.29) is 16.7 Å². The van der Waals surface area contributed by atoms with E-state index in [1.807, 2.05) is 13.8 Å². The van der Waals surface area contributed by atoms with Crippen LogP contribution in [-0.4, -0.2) is 24.5 Å². The van der Waals surface area contributed by atoms with Crippen molar-refractivity contribution in [1.29, 1.82) is 0 Å². The summed E-state index contributed by atoms with van der Waals surface area (Å²) in [4.78, 5) is 3.90. The van der Waals surface area contributed by atoms with E-state index in [4.69, 9.17) is 9.66 Å². The SMILES string of the molecule is CC(C)c1noc([C@H]2[C@H](c3ccc(S(N)(=O)=O)cc3)C2(F)F)n1. The second kappa shape index (κ2) is 5.07. The predicted molar refractivity (Wildman–Crippen MR) is 76.6 cm³/mol. The maximum Gasteiger partial charge on any atom is 0.268 e. The molecule has 1 aromatic heterocycles. The lowest BCUT2D eigenvalue weighted by molar-refractivity contribution is 0.0999. The Morgan fingerprint density at radius 2 is 1.83 bits per heavy atom. The number of alkyl halides is 2. The van der Waals surface area contributed by atoms with Gasteiger partial charge in [0.25, 0.3) is 5.92 Å². The number of sulfonamides is 1. The molecule has 0 amide bonds. The van der Waals surface area contributed by atoms with E-state index < -0.39 is 27.8 Å². The maximum atomic E-state index is 14.1. The minimum absolute atomic E-state index is 0.0210. The van der Waals surface area contributed by atoms with Crippen molar-refractivity contribution >= 4 is 10.0 Å². The minimum Gasteiger partial charge on any atom is -0.339 e. The van der Waals surface area contributed by atoms with Crippen molar-refractivity contribution in [3.05, 3.63) is 41.5 Å². The van der Waals surface area contributed by atoms with Crippen LogP contribution >= 0.6 is 0 Å². The van der Waals surface area contributed by atoms with Gasteiger partial charge in [-0.05, 0) is 17.7 Å². The highest BCUT2D eigenvalue weighted by Gasteiger charge is 2.72. The molecular formula is C14H15F2N3O3S. The first-order valence-corrected chi connectivity index (χ1v) is 8.51. The molecule has 0 radical (unpaired) electrons. The van der Waals surface area contributed by atoms with Gasteiger partial charge in [-0.2, -0.15) is 4.98 Å². The number of aromatic nitrogens is 2. The van der Waals surface area contributed by atoms with Gasteiger partial charge in [0, 0.05) is 5.92 Å². The van der Waals surface area contributed by atoms with Crippen LogP contribution in [0.25, 0.3) is 0 Å². The van der Waals surface area contributed by atoms with Crippen molar-refractivity contribution in [3.8, 4) is 0 Å². The Kier molecular flexibility index (Phi) is 3.53. The van der Waals surface area contributed by atoms with Crippen LogP contribution in [0.3, 0.4) is 0 Å². The van der Waals surface area contributed by atoms with E-state index in [9.17, 15) is 17.2 Å². The van der Waals surface area contributed by atoms with Crippen molar-refractivity contribution in [2.45, 2.75) is 42.4 Å². The molecule has 1 fully saturated rings. The standard InChI is InChI=1S/C14H15F2N3O3S/c1-7(2)12-18-13(22-19-12)11-10(14(11,15)16)8-3-5-9(6-4-8)23(17,20)21/h3-7,10-11H,1-2H3,(H2,17,20,21)/t10-,11+/m0/s1. The number of benzene rings is 1. The van der Waals surface area contributed by atoms with Gasteiger partial charge >= 0.3 is 0 Å². The van der Waals surface area contributed by atoms with Crippen molar-refractivity contribution in [2.75, 3.05) is 0 Å². The smallest absolute Gasteiger partial charge is 0.268 e. The largest absolute Gasteiger partial charge is 0.339 e. The van der Waals surface area contributed by atoms with Gasteiger partial charge in [0.15, 0.2) is 5.82 Å². The van der Waals surface area contributed by atoms with Crippen LogP contribution < -0.4 is 5.14 Å². The first kappa shape index (κ1) is 16.0. The average Bonchev–Trinajstić information content (AvgIpc) is 2.84. The molecule has 1 saturated carbocycles. The molecule has 0 spiro atoms. The zero-order chi connectivity index (χ0) is 17.0. The third-order valence-electron chi connectivity index (χ3n) is 3.86. The van der Waals surface area contributed by atoms with Gasteiger partial charge in [0.05, 0.1) is 10.8 Å². The lowest BCUT2D eigenvalue weighted by Crippen LogP contribution is -2.11. The second-order valence-corrected chi connectivity index (χ2v) is 7.45. The maximum absolute atomic E-state index is 14.1. The van der Waals surface area contributed by atoms with E-state index >= 15 is 0 Å². The first-order chi connectivity index (χ1) is 10.6. The molecule has 23 heavy (non-hydrogen) atoms. The number of hydrogen-bond acceptors (Lipinski definition) is 5. The Balaban J connectivity index is 1.88. The van der Waals surface area contributed by atoms with Crippen molar-refractivity contribution < 1.29 is 21.7 Å². The molecule has 9 heteroatoms. The van der Waals surface area contributed by atoms with Gasteiger partial charge in [0.1, 0.15) is 5.92 Å². The van der Waals surface area contributed by atoms with Gasteiger partial charge in [-0.15, -0.1) is 0 Å². The molecular weight excluding hydrogens is 328 g/mol. The molecule has 0 unspecified atom stereocenters. The third kappa shape index (κ3) is 2.74. The van der Waals surface area contributed by atoms with E-state index in [1.54, 1.807) is 0 Å². The van der Waals surface area contributed by atoms with Gasteiger partial charge in [-0.3, -0.25) is 0 Å². The fraction of sp³-hybridized carbons (Fsp3) is 0.429. The zero-order valence-corrected chi connectivity index (χ0v) is 13.2. The van der Waals surface area contributed by atoms with Gasteiger partial charge in [0.2, 0.25) is 15.9 Å². The summed E-state index contributed by atoms with van der Waals surface area (Å²) in [6, 6.07) is 5.09. The number of nitrogens with zero attached hydrogens (tertiary/aromatic N) is 2. The monoisotopic (exact) mass is 343 g/mol. The Hall–Kier alpha value is -1.87. The van der Waals surface area contributed by atoms with Crippen LogP contribution in [0, 0.1) is 0 Å². The Morgan fingerprint density at radius 3 is 2.30 bits per heavy atom. The fourth-order valence-corrected chi connectivity index (χ4v) is 3.04. The second-order valence-electron chi connectivity index (χ2n) is 5.89. The molecule has 3 rings (SSSR count). The highest BCUT2D eigenvalue weighted by molar-refractivity contribution is 7.89. The molecule has 6 nitrogen and oxygen atoms in total. The highest BCUT2D eigenvalue weighted by Crippen LogP contribution is 2.66. The highest BCUT2D eigenvalue weighted by atomic mass is 32.2. The van der Waals surface area contributed by atoms with Gasteiger partial charge in [-0.1, -0.05) is 31.1 Å². The van der Waals surface area contributed by atoms with Crippen molar-refractivity contribution in [3.63, 3.8) is 0 Å². The van der Waals surface area contributed by atoms with Crippen LogP contribution in [0.2, 0.25) is 0 Å². The fourth-order valence-electron chi connectivity index (χ4n) is 2.52. The summed E-state index contributed by atoms with van der Waals surface area (Å²) in [5.74, 6) is -5.05. The van der Waals surface area contributed by atoms with Crippen LogP contribution in [0.15, 0.2) is 33.7 Å². The number of primary sulfonamides is 1. The van der Waals surface area contributed by atoms with Crippen LogP contribution in [-0.2, 0) is 10.0 Å². The molecule has 2 atom stereocenters. The molecule has 1 heterocycles. The molecule has 1 aliphatic carbocycles. The number of hydrogen-bond donors (Lipinski definition) is 1. The average molecular weight is 343 g/mol. The molecule has 0 aliphatic heterocycles. The van der Waals surface area contributed by atoms with Gasteiger partial charge < -0.3 is 4.52 Å². The molecule has 1 aromatic carbocycles. The lowest BCUT2D eigenvalue weighted by atomic mass is 10.1. The number of rotatable bonds is 4. The molecule has 124 valence electrons. The normalized spacial score (nSPS) is 23.2. The minimum atomic E-state index is -3.85. The molecule has 1 aliphatic rings. The van der Waals surface area contributed by atoms with Crippen molar-refractivity contribution in [2.24, 2.45) is 5.14 Å². The molecule has 0 bridgehead atoms. The van der Waals surface area contributed by atoms with Crippen molar-refractivity contribution in [1.82, 2.24) is 10.1 Å². The summed E-state index contributed by atoms with van der Waals surface area (Å²) in [6.07, 6.45) is 0. The van der Waals surface area contributed by atoms with Crippen LogP contribution in [0.1, 0.15) is 48.9 Å². The summed E-state index contributed by atoms with van der Waals surface area (Å²) in [7, 11) is -3.85. The number of nitrogens with two attached hydrogens (primary N) is 1. The topological polar surface area (TPSA) is 99.1 Å². The van der Waals surface area contributed by atoms with E-state index in [0.29, 0.717) is 11.4 Å². The number of halogens is 2. The molecule has 2 aromatic rings. The van der Waals surface area contributed by atoms with E-state index in [0.717, 1.165) is 0 Å². The summed E-state index contributed by atoms with van der Waals surface area (Å²) in [5, 5.41) is 8.69. The first-order valence-electron chi connectivity index (χ1n) is 6.96. The molecule has 2 N–H and O–H groups in total. The Morgan fingerprint density at radius 1 is 1.22 bits per heavy atom. The summed E-state index contributed by atoms with van der Waals surface area (Å²) in [6.45, 7) is 3.67. The summed E-state index contributed by atoms with van der Waals surface area (Å²) >= 11 is 0. The zero-order valence-electron chi connectivity index (χ0n) is 12.4. The van der Waals surface area contributed by atoms with Crippen LogP contribution in [0.5, 0.6) is 0 Å². The van der Waals surface area contributed by atoms with E-state index in [1.165, 1.54) is 24.3 Å².